The molecule has 2 fully saturated rings. The van der Waals surface area contributed by atoms with Crippen LogP contribution in [0.25, 0.3) is 11.0 Å². The van der Waals surface area contributed by atoms with Gasteiger partial charge in [-0.25, -0.2) is 0 Å². The van der Waals surface area contributed by atoms with Gasteiger partial charge in [-0.3, -0.25) is 4.79 Å². The van der Waals surface area contributed by atoms with Gasteiger partial charge in [0.05, 0.1) is 0 Å². The maximum Gasteiger partial charge on any atom is 0.289 e. The monoisotopic (exact) mass is 312 g/mol. The van der Waals surface area contributed by atoms with Crippen LogP contribution < -0.4 is 5.32 Å². The zero-order valence-electron chi connectivity index (χ0n) is 13.7. The molecule has 0 spiro atoms. The Hall–Kier alpha value is -1.81. The van der Waals surface area contributed by atoms with Crippen molar-refractivity contribution in [3.63, 3.8) is 0 Å². The van der Waals surface area contributed by atoms with E-state index >= 15 is 0 Å². The molecule has 0 unspecified atom stereocenters. The average molecular weight is 312 g/mol. The summed E-state index contributed by atoms with van der Waals surface area (Å²) in [6.07, 6.45) is 4.85. The molecule has 1 aliphatic heterocycles. The van der Waals surface area contributed by atoms with Crippen LogP contribution in [-0.2, 0) is 0 Å². The Labute approximate surface area is 136 Å². The van der Waals surface area contributed by atoms with Gasteiger partial charge in [-0.15, -0.1) is 0 Å². The predicted octanol–water partition coefficient (Wildman–Crippen LogP) is 3.35. The minimum absolute atomic E-state index is 0.0411. The van der Waals surface area contributed by atoms with Gasteiger partial charge in [0.1, 0.15) is 5.58 Å². The molecule has 2 heterocycles. The molecule has 1 aromatic carbocycles. The Bertz CT molecular complexity index is 709. The molecule has 4 rings (SSSR count). The molecular formula is C19H24N2O2. The van der Waals surface area contributed by atoms with Crippen LogP contribution in [0.5, 0.6) is 0 Å². The number of benzene rings is 1. The van der Waals surface area contributed by atoms with Crippen molar-refractivity contribution in [2.45, 2.75) is 38.6 Å². The first-order valence-electron chi connectivity index (χ1n) is 8.73. The average Bonchev–Trinajstić information content (AvgIpc) is 3.36. The number of hydrogen-bond acceptors (Lipinski definition) is 3. The summed E-state index contributed by atoms with van der Waals surface area (Å²) in [4.78, 5) is 14.7. The number of nitrogens with zero attached hydrogens (tertiary/aromatic N) is 1. The van der Waals surface area contributed by atoms with Gasteiger partial charge in [-0.1, -0.05) is 18.2 Å². The molecule has 1 amide bonds. The van der Waals surface area contributed by atoms with Gasteiger partial charge >= 0.3 is 0 Å². The molecular weight excluding hydrogens is 288 g/mol. The van der Waals surface area contributed by atoms with Crippen molar-refractivity contribution >= 4 is 16.9 Å². The fourth-order valence-electron chi connectivity index (χ4n) is 3.46. The number of hydrogen-bond donors (Lipinski definition) is 1. The topological polar surface area (TPSA) is 45.5 Å². The molecule has 4 nitrogen and oxygen atoms in total. The summed E-state index contributed by atoms with van der Waals surface area (Å²) in [5.74, 6) is 1.46. The molecule has 2 aliphatic rings. The van der Waals surface area contributed by atoms with E-state index in [9.17, 15) is 4.79 Å². The van der Waals surface area contributed by atoms with Gasteiger partial charge < -0.3 is 14.6 Å². The lowest BCUT2D eigenvalue weighted by Crippen LogP contribution is -2.45. The summed E-state index contributed by atoms with van der Waals surface area (Å²) < 4.78 is 5.82. The Morgan fingerprint density at radius 2 is 1.96 bits per heavy atom. The van der Waals surface area contributed by atoms with Gasteiger partial charge in [0.25, 0.3) is 5.91 Å². The van der Waals surface area contributed by atoms with E-state index < -0.39 is 0 Å². The van der Waals surface area contributed by atoms with Crippen LogP contribution in [0, 0.1) is 12.8 Å². The van der Waals surface area contributed by atoms with Gasteiger partial charge in [-0.2, -0.15) is 0 Å². The zero-order valence-corrected chi connectivity index (χ0v) is 13.7. The highest BCUT2D eigenvalue weighted by molar-refractivity contribution is 5.98. The number of piperidine rings is 1. The maximum atomic E-state index is 12.8. The van der Waals surface area contributed by atoms with Crippen LogP contribution in [0.4, 0.5) is 0 Å². The molecule has 1 aliphatic carbocycles. The van der Waals surface area contributed by atoms with Crippen molar-refractivity contribution in [3.05, 3.63) is 35.6 Å². The molecule has 0 bridgehead atoms. The molecule has 1 aromatic heterocycles. The predicted molar refractivity (Wildman–Crippen MR) is 90.6 cm³/mol. The van der Waals surface area contributed by atoms with Gasteiger partial charge in [-0.05, 0) is 51.1 Å². The standard InChI is InChI=1S/C19H24N2O2/c1-13-16-4-2-3-5-17(16)23-18(13)19(22)21-10-8-15(9-11-21)20-12-14-6-7-14/h2-5,14-15,20H,6-12H2,1H3. The number of furan rings is 1. The minimum Gasteiger partial charge on any atom is -0.451 e. The highest BCUT2D eigenvalue weighted by Gasteiger charge is 2.28. The quantitative estimate of drug-likeness (QED) is 0.942. The highest BCUT2D eigenvalue weighted by atomic mass is 16.3. The summed E-state index contributed by atoms with van der Waals surface area (Å²) in [7, 11) is 0. The van der Waals surface area contributed by atoms with Crippen molar-refractivity contribution in [2.75, 3.05) is 19.6 Å². The van der Waals surface area contributed by atoms with Gasteiger partial charge in [0.2, 0.25) is 0 Å². The number of carbonyl (C=O) groups is 1. The second kappa shape index (κ2) is 6.00. The molecule has 1 saturated carbocycles. The summed E-state index contributed by atoms with van der Waals surface area (Å²) in [5, 5.41) is 4.69. The summed E-state index contributed by atoms with van der Waals surface area (Å²) in [5.41, 5.74) is 1.76. The second-order valence-corrected chi connectivity index (χ2v) is 6.97. The van der Waals surface area contributed by atoms with E-state index in [1.807, 2.05) is 36.1 Å². The van der Waals surface area contributed by atoms with Crippen LogP contribution in [0.1, 0.15) is 41.8 Å². The summed E-state index contributed by atoms with van der Waals surface area (Å²) >= 11 is 0. The minimum atomic E-state index is 0.0411. The first-order valence-corrected chi connectivity index (χ1v) is 8.73. The van der Waals surface area contributed by atoms with Crippen molar-refractivity contribution in [2.24, 2.45) is 5.92 Å². The third-order valence-electron chi connectivity index (χ3n) is 5.21. The second-order valence-electron chi connectivity index (χ2n) is 6.97. The van der Waals surface area contributed by atoms with Crippen molar-refractivity contribution < 1.29 is 9.21 Å². The van der Waals surface area contributed by atoms with E-state index in [4.69, 9.17) is 4.42 Å². The number of para-hydroxylation sites is 1. The maximum absolute atomic E-state index is 12.8. The largest absolute Gasteiger partial charge is 0.451 e. The lowest BCUT2D eigenvalue weighted by Gasteiger charge is -2.32. The normalized spacial score (nSPS) is 19.4. The third-order valence-corrected chi connectivity index (χ3v) is 5.21. The van der Waals surface area contributed by atoms with Crippen molar-refractivity contribution in [3.8, 4) is 0 Å². The summed E-state index contributed by atoms with van der Waals surface area (Å²) in [6, 6.07) is 8.43. The number of rotatable bonds is 4. The molecule has 0 radical (unpaired) electrons. The van der Waals surface area contributed by atoms with Gasteiger partial charge in [0.15, 0.2) is 5.76 Å². The Kier molecular flexibility index (Phi) is 3.85. The molecule has 1 N–H and O–H groups in total. The number of aryl methyl sites for hydroxylation is 1. The Balaban J connectivity index is 1.41. The molecule has 2 aromatic rings. The van der Waals surface area contributed by atoms with E-state index in [0.717, 1.165) is 54.9 Å². The zero-order chi connectivity index (χ0) is 15.8. The molecule has 4 heteroatoms. The number of amides is 1. The van der Waals surface area contributed by atoms with E-state index in [0.29, 0.717) is 11.8 Å². The lowest BCUT2D eigenvalue weighted by molar-refractivity contribution is 0.0674. The first-order chi connectivity index (χ1) is 11.2. The Morgan fingerprint density at radius 3 is 2.65 bits per heavy atom. The van der Waals surface area contributed by atoms with Crippen LogP contribution in [0.3, 0.4) is 0 Å². The fraction of sp³-hybridized carbons (Fsp3) is 0.526. The lowest BCUT2D eigenvalue weighted by atomic mass is 10.0. The summed E-state index contributed by atoms with van der Waals surface area (Å²) in [6.45, 7) is 4.76. The van der Waals surface area contributed by atoms with Crippen LogP contribution in [0.15, 0.2) is 28.7 Å². The SMILES string of the molecule is Cc1c(C(=O)N2CCC(NCC3CC3)CC2)oc2ccccc12. The number of nitrogens with one attached hydrogen (secondary N) is 1. The molecule has 122 valence electrons. The van der Waals surface area contributed by atoms with E-state index in [1.165, 1.54) is 12.8 Å². The van der Waals surface area contributed by atoms with Gasteiger partial charge in [0, 0.05) is 30.1 Å². The number of carbonyl (C=O) groups excluding carboxylic acids is 1. The van der Waals surface area contributed by atoms with Crippen LogP contribution in [-0.4, -0.2) is 36.5 Å². The van der Waals surface area contributed by atoms with Crippen molar-refractivity contribution in [1.29, 1.82) is 0 Å². The van der Waals surface area contributed by atoms with Crippen molar-refractivity contribution in [1.82, 2.24) is 10.2 Å². The van der Waals surface area contributed by atoms with E-state index in [-0.39, 0.29) is 5.91 Å². The third kappa shape index (κ3) is 3.00. The fourth-order valence-corrected chi connectivity index (χ4v) is 3.46. The Morgan fingerprint density at radius 1 is 1.22 bits per heavy atom. The molecule has 0 atom stereocenters. The number of fused-ring (bicyclic) bond motifs is 1. The van der Waals surface area contributed by atoms with E-state index in [2.05, 4.69) is 5.32 Å². The van der Waals surface area contributed by atoms with Crippen LogP contribution >= 0.6 is 0 Å². The smallest absolute Gasteiger partial charge is 0.289 e. The molecule has 23 heavy (non-hydrogen) atoms. The number of likely N-dealkylation sites (tertiary alicyclic amines) is 1. The van der Waals surface area contributed by atoms with Crippen LogP contribution in [0.2, 0.25) is 0 Å². The molecule has 1 saturated heterocycles. The highest BCUT2D eigenvalue weighted by Crippen LogP contribution is 2.29. The first kappa shape index (κ1) is 14.8. The van der Waals surface area contributed by atoms with E-state index in [1.54, 1.807) is 0 Å².